The summed E-state index contributed by atoms with van der Waals surface area (Å²) in [5.41, 5.74) is 1.22. The van der Waals surface area contributed by atoms with E-state index in [1.54, 1.807) is 22.8 Å². The zero-order valence-corrected chi connectivity index (χ0v) is 14.8. The summed E-state index contributed by atoms with van der Waals surface area (Å²) in [6.07, 6.45) is 4.32. The van der Waals surface area contributed by atoms with Gasteiger partial charge >= 0.3 is 5.76 Å². The number of aromatic nitrogens is 1. The number of fused-ring (bicyclic) bond motifs is 1. The van der Waals surface area contributed by atoms with E-state index in [1.165, 1.54) is 12.8 Å². The van der Waals surface area contributed by atoms with Gasteiger partial charge in [-0.15, -0.1) is 0 Å². The number of piperidine rings is 1. The lowest BCUT2D eigenvalue weighted by Gasteiger charge is -2.31. The number of rotatable bonds is 5. The molecule has 2 heterocycles. The maximum atomic E-state index is 12.4. The molecule has 2 aromatic rings. The normalized spacial score (nSPS) is 21.6. The Kier molecular flexibility index (Phi) is 4.56. The molecule has 25 heavy (non-hydrogen) atoms. The smallest absolute Gasteiger partial charge is 0.408 e. The van der Waals surface area contributed by atoms with E-state index in [0.29, 0.717) is 35.3 Å². The third kappa shape index (κ3) is 3.75. The van der Waals surface area contributed by atoms with Crippen LogP contribution in [0.2, 0.25) is 5.02 Å². The minimum absolute atomic E-state index is 0.00930. The average Bonchev–Trinajstić information content (AvgIpc) is 3.39. The fourth-order valence-electron chi connectivity index (χ4n) is 3.48. The van der Waals surface area contributed by atoms with Gasteiger partial charge in [0.25, 0.3) is 0 Å². The highest BCUT2D eigenvalue weighted by molar-refractivity contribution is 6.31. The first kappa shape index (κ1) is 16.7. The zero-order chi connectivity index (χ0) is 17.4. The highest BCUT2D eigenvalue weighted by Gasteiger charge is 2.28. The number of hydrogen-bond donors (Lipinski definition) is 1. The monoisotopic (exact) mass is 363 g/mol. The molecule has 1 amide bonds. The van der Waals surface area contributed by atoms with E-state index in [-0.39, 0.29) is 11.8 Å². The molecule has 1 N–H and O–H groups in total. The van der Waals surface area contributed by atoms with Gasteiger partial charge in [0.05, 0.1) is 18.1 Å². The SMILES string of the molecule is O=C(NCC1CC1)C1CCCN(Cn2c(=O)oc3ccc(Cl)cc32)C1. The molecule has 1 aromatic carbocycles. The van der Waals surface area contributed by atoms with Crippen molar-refractivity contribution in [3.63, 3.8) is 0 Å². The first-order valence-electron chi connectivity index (χ1n) is 8.89. The first-order chi connectivity index (χ1) is 12.1. The van der Waals surface area contributed by atoms with Gasteiger partial charge in [0.15, 0.2) is 5.58 Å². The van der Waals surface area contributed by atoms with E-state index in [4.69, 9.17) is 16.0 Å². The number of carbonyl (C=O) groups is 1. The molecule has 0 radical (unpaired) electrons. The Morgan fingerprint density at radius 2 is 2.16 bits per heavy atom. The zero-order valence-electron chi connectivity index (χ0n) is 14.0. The van der Waals surface area contributed by atoms with Crippen LogP contribution in [0.3, 0.4) is 0 Å². The molecule has 2 aliphatic rings. The Hall–Kier alpha value is -1.79. The van der Waals surface area contributed by atoms with Gasteiger partial charge in [-0.3, -0.25) is 14.3 Å². The molecule has 1 aromatic heterocycles. The van der Waals surface area contributed by atoms with Gasteiger partial charge in [0.2, 0.25) is 5.91 Å². The van der Waals surface area contributed by atoms with Gasteiger partial charge in [0, 0.05) is 18.1 Å². The van der Waals surface area contributed by atoms with Crippen molar-refractivity contribution >= 4 is 28.6 Å². The van der Waals surface area contributed by atoms with E-state index in [9.17, 15) is 9.59 Å². The molecular formula is C18H22ClN3O3. The number of carbonyl (C=O) groups excluding carboxylic acids is 1. The van der Waals surface area contributed by atoms with Crippen LogP contribution in [0.25, 0.3) is 11.1 Å². The summed E-state index contributed by atoms with van der Waals surface area (Å²) in [5, 5.41) is 3.64. The lowest BCUT2D eigenvalue weighted by Crippen LogP contribution is -2.44. The molecule has 2 fully saturated rings. The second kappa shape index (κ2) is 6.84. The van der Waals surface area contributed by atoms with Crippen LogP contribution in [0, 0.1) is 11.8 Å². The first-order valence-corrected chi connectivity index (χ1v) is 9.27. The van der Waals surface area contributed by atoms with E-state index in [2.05, 4.69) is 10.2 Å². The van der Waals surface area contributed by atoms with Crippen LogP contribution >= 0.6 is 11.6 Å². The minimum Gasteiger partial charge on any atom is -0.408 e. The second-order valence-corrected chi connectivity index (χ2v) is 7.59. The molecule has 7 heteroatoms. The van der Waals surface area contributed by atoms with Crippen molar-refractivity contribution in [1.29, 1.82) is 0 Å². The fourth-order valence-corrected chi connectivity index (χ4v) is 3.64. The molecule has 6 nitrogen and oxygen atoms in total. The molecule has 0 bridgehead atoms. The quantitative estimate of drug-likeness (QED) is 0.886. The van der Waals surface area contributed by atoms with Crippen molar-refractivity contribution in [2.45, 2.75) is 32.4 Å². The van der Waals surface area contributed by atoms with E-state index in [0.717, 1.165) is 25.9 Å². The van der Waals surface area contributed by atoms with Crippen molar-refractivity contribution in [2.24, 2.45) is 11.8 Å². The predicted molar refractivity (Wildman–Crippen MR) is 95.5 cm³/mol. The number of benzene rings is 1. The fraction of sp³-hybridized carbons (Fsp3) is 0.556. The Bertz CT molecular complexity index is 840. The van der Waals surface area contributed by atoms with Gasteiger partial charge < -0.3 is 9.73 Å². The summed E-state index contributed by atoms with van der Waals surface area (Å²) in [4.78, 5) is 26.7. The summed E-state index contributed by atoms with van der Waals surface area (Å²) in [6.45, 7) is 2.75. The molecule has 1 aliphatic carbocycles. The Labute approximate surface area is 150 Å². The topological polar surface area (TPSA) is 67.5 Å². The number of hydrogen-bond acceptors (Lipinski definition) is 4. The summed E-state index contributed by atoms with van der Waals surface area (Å²) >= 11 is 6.05. The largest absolute Gasteiger partial charge is 0.421 e. The van der Waals surface area contributed by atoms with Crippen LogP contribution in [0.15, 0.2) is 27.4 Å². The van der Waals surface area contributed by atoms with Crippen LogP contribution < -0.4 is 11.1 Å². The third-order valence-corrected chi connectivity index (χ3v) is 5.34. The molecular weight excluding hydrogens is 342 g/mol. The van der Waals surface area contributed by atoms with Gasteiger partial charge in [-0.25, -0.2) is 4.79 Å². The number of halogens is 1. The third-order valence-electron chi connectivity index (χ3n) is 5.11. The number of nitrogens with one attached hydrogen (secondary N) is 1. The van der Waals surface area contributed by atoms with Crippen LogP contribution in [-0.2, 0) is 11.5 Å². The van der Waals surface area contributed by atoms with Crippen molar-refractivity contribution in [3.05, 3.63) is 33.8 Å². The van der Waals surface area contributed by atoms with Gasteiger partial charge in [-0.1, -0.05) is 11.6 Å². The number of likely N-dealkylation sites (tertiary alicyclic amines) is 1. The standard InChI is InChI=1S/C18H22ClN3O3/c19-14-5-6-16-15(8-14)22(18(24)25-16)11-21-7-1-2-13(10-21)17(23)20-9-12-3-4-12/h5-6,8,12-13H,1-4,7,9-11H2,(H,20,23). The van der Waals surface area contributed by atoms with E-state index < -0.39 is 5.76 Å². The highest BCUT2D eigenvalue weighted by atomic mass is 35.5. The van der Waals surface area contributed by atoms with Crippen molar-refractivity contribution in [3.8, 4) is 0 Å². The molecule has 1 atom stereocenters. The predicted octanol–water partition coefficient (Wildman–Crippen LogP) is 2.44. The Morgan fingerprint density at radius 1 is 1.32 bits per heavy atom. The molecule has 1 unspecified atom stereocenters. The average molecular weight is 364 g/mol. The second-order valence-electron chi connectivity index (χ2n) is 7.15. The van der Waals surface area contributed by atoms with Gasteiger partial charge in [0.1, 0.15) is 0 Å². The maximum Gasteiger partial charge on any atom is 0.421 e. The van der Waals surface area contributed by atoms with Gasteiger partial charge in [-0.2, -0.15) is 0 Å². The van der Waals surface area contributed by atoms with Crippen LogP contribution in [0.4, 0.5) is 0 Å². The van der Waals surface area contributed by atoms with Gasteiger partial charge in [-0.05, 0) is 56.3 Å². The van der Waals surface area contributed by atoms with Crippen molar-refractivity contribution < 1.29 is 9.21 Å². The summed E-state index contributed by atoms with van der Waals surface area (Å²) in [6, 6.07) is 5.16. The lowest BCUT2D eigenvalue weighted by molar-refractivity contribution is -0.127. The molecule has 0 spiro atoms. The summed E-state index contributed by atoms with van der Waals surface area (Å²) in [5.74, 6) is 0.427. The van der Waals surface area contributed by atoms with Crippen LogP contribution in [0.5, 0.6) is 0 Å². The number of amides is 1. The highest BCUT2D eigenvalue weighted by Crippen LogP contribution is 2.28. The maximum absolute atomic E-state index is 12.4. The Balaban J connectivity index is 1.45. The van der Waals surface area contributed by atoms with E-state index >= 15 is 0 Å². The molecule has 1 saturated carbocycles. The number of oxazole rings is 1. The van der Waals surface area contributed by atoms with Crippen molar-refractivity contribution in [2.75, 3.05) is 19.6 Å². The number of nitrogens with zero attached hydrogens (tertiary/aromatic N) is 2. The van der Waals surface area contributed by atoms with Crippen molar-refractivity contribution in [1.82, 2.24) is 14.8 Å². The molecule has 1 aliphatic heterocycles. The van der Waals surface area contributed by atoms with Crippen LogP contribution in [0.1, 0.15) is 25.7 Å². The summed E-state index contributed by atoms with van der Waals surface area (Å²) in [7, 11) is 0. The summed E-state index contributed by atoms with van der Waals surface area (Å²) < 4.78 is 6.87. The minimum atomic E-state index is -0.391. The lowest BCUT2D eigenvalue weighted by atomic mass is 9.97. The molecule has 4 rings (SSSR count). The molecule has 134 valence electrons. The molecule has 1 saturated heterocycles. The van der Waals surface area contributed by atoms with E-state index in [1.807, 2.05) is 0 Å². The van der Waals surface area contributed by atoms with Crippen LogP contribution in [-0.4, -0.2) is 35.0 Å². The Morgan fingerprint density at radius 3 is 2.96 bits per heavy atom.